The van der Waals surface area contributed by atoms with Gasteiger partial charge in [-0.3, -0.25) is 4.79 Å². The summed E-state index contributed by atoms with van der Waals surface area (Å²) in [5.74, 6) is -0.125. The van der Waals surface area contributed by atoms with Crippen LogP contribution >= 0.6 is 0 Å². The van der Waals surface area contributed by atoms with E-state index in [-0.39, 0.29) is 5.91 Å². The fraction of sp³-hybridized carbons (Fsp3) is 0.625. The summed E-state index contributed by atoms with van der Waals surface area (Å²) in [6.07, 6.45) is 2.18. The fourth-order valence-electron chi connectivity index (χ4n) is 0.809. The van der Waals surface area contributed by atoms with Gasteiger partial charge < -0.3 is 10.1 Å². The lowest BCUT2D eigenvalue weighted by Crippen LogP contribution is -2.44. The molecule has 0 aliphatic carbocycles. The normalized spacial score (nSPS) is 15.2. The summed E-state index contributed by atoms with van der Waals surface area (Å²) < 4.78 is 5.05. The van der Waals surface area contributed by atoms with Gasteiger partial charge in [0.05, 0.1) is 0 Å². The van der Waals surface area contributed by atoms with Crippen molar-refractivity contribution in [1.82, 2.24) is 5.32 Å². The van der Waals surface area contributed by atoms with Crippen LogP contribution in [-0.2, 0) is 9.53 Å². The third kappa shape index (κ3) is 2.35. The Hall–Kier alpha value is -0.830. The van der Waals surface area contributed by atoms with E-state index in [1.807, 2.05) is 0 Å². The number of methoxy groups -OCH3 is 1. The van der Waals surface area contributed by atoms with Crippen molar-refractivity contribution < 1.29 is 9.53 Å². The van der Waals surface area contributed by atoms with E-state index in [2.05, 4.69) is 11.9 Å². The molecule has 0 saturated heterocycles. The SMILES string of the molecule is C=CCC(C)(OC)C(=O)NC. The van der Waals surface area contributed by atoms with Gasteiger partial charge in [-0.25, -0.2) is 0 Å². The summed E-state index contributed by atoms with van der Waals surface area (Å²) in [5.41, 5.74) is -0.767. The van der Waals surface area contributed by atoms with E-state index in [0.717, 1.165) is 0 Å². The predicted molar refractivity (Wildman–Crippen MR) is 44.3 cm³/mol. The first-order chi connectivity index (χ1) is 5.10. The highest BCUT2D eigenvalue weighted by Gasteiger charge is 2.30. The second kappa shape index (κ2) is 4.13. The highest BCUT2D eigenvalue weighted by Crippen LogP contribution is 2.14. The van der Waals surface area contributed by atoms with Crippen molar-refractivity contribution in [1.29, 1.82) is 0 Å². The van der Waals surface area contributed by atoms with E-state index in [1.165, 1.54) is 7.11 Å². The van der Waals surface area contributed by atoms with Crippen molar-refractivity contribution in [2.24, 2.45) is 0 Å². The lowest BCUT2D eigenvalue weighted by molar-refractivity contribution is -0.140. The molecule has 11 heavy (non-hydrogen) atoms. The highest BCUT2D eigenvalue weighted by atomic mass is 16.5. The maximum absolute atomic E-state index is 11.2. The van der Waals surface area contributed by atoms with Crippen LogP contribution in [0.15, 0.2) is 12.7 Å². The Kier molecular flexibility index (Phi) is 3.82. The minimum atomic E-state index is -0.767. The van der Waals surface area contributed by atoms with Gasteiger partial charge in [0.1, 0.15) is 5.60 Å². The summed E-state index contributed by atoms with van der Waals surface area (Å²) in [4.78, 5) is 11.2. The summed E-state index contributed by atoms with van der Waals surface area (Å²) in [7, 11) is 3.10. The van der Waals surface area contributed by atoms with Crippen LogP contribution in [0.1, 0.15) is 13.3 Å². The number of amides is 1. The average Bonchev–Trinajstić information content (AvgIpc) is 2.03. The predicted octanol–water partition coefficient (Wildman–Crippen LogP) is 0.714. The first-order valence-electron chi connectivity index (χ1n) is 3.49. The maximum Gasteiger partial charge on any atom is 0.252 e. The van der Waals surface area contributed by atoms with Crippen molar-refractivity contribution in [3.63, 3.8) is 0 Å². The number of ether oxygens (including phenoxy) is 1. The second-order valence-corrected chi connectivity index (χ2v) is 2.51. The van der Waals surface area contributed by atoms with Gasteiger partial charge in [-0.1, -0.05) is 6.08 Å². The number of carbonyl (C=O) groups is 1. The molecule has 0 bridgehead atoms. The van der Waals surface area contributed by atoms with Crippen molar-refractivity contribution in [2.75, 3.05) is 14.2 Å². The molecule has 0 radical (unpaired) electrons. The molecule has 0 aromatic carbocycles. The van der Waals surface area contributed by atoms with Crippen LogP contribution in [-0.4, -0.2) is 25.7 Å². The Morgan fingerprint density at radius 1 is 1.82 bits per heavy atom. The first-order valence-corrected chi connectivity index (χ1v) is 3.49. The number of nitrogens with one attached hydrogen (secondary N) is 1. The van der Waals surface area contributed by atoms with Crippen molar-refractivity contribution in [3.8, 4) is 0 Å². The average molecular weight is 157 g/mol. The summed E-state index contributed by atoms with van der Waals surface area (Å²) in [5, 5.41) is 2.53. The molecule has 0 fully saturated rings. The standard InChI is InChI=1S/C8H15NO2/c1-5-6-8(2,11-4)7(10)9-3/h5H,1,6H2,2-4H3,(H,9,10). The molecule has 1 amide bonds. The van der Waals surface area contributed by atoms with Crippen LogP contribution in [0, 0.1) is 0 Å². The van der Waals surface area contributed by atoms with Gasteiger partial charge in [-0.05, 0) is 6.92 Å². The second-order valence-electron chi connectivity index (χ2n) is 2.51. The number of likely N-dealkylation sites (N-methyl/N-ethyl adjacent to an activating group) is 1. The Bertz CT molecular complexity index is 156. The molecule has 0 aromatic heterocycles. The molecule has 0 heterocycles. The molecular weight excluding hydrogens is 142 g/mol. The molecule has 0 aliphatic rings. The molecule has 3 heteroatoms. The Morgan fingerprint density at radius 2 is 2.36 bits per heavy atom. The molecule has 1 atom stereocenters. The lowest BCUT2D eigenvalue weighted by atomic mass is 10.0. The van der Waals surface area contributed by atoms with E-state index >= 15 is 0 Å². The minimum Gasteiger partial charge on any atom is -0.368 e. The maximum atomic E-state index is 11.2. The van der Waals surface area contributed by atoms with Crippen LogP contribution in [0.4, 0.5) is 0 Å². The van der Waals surface area contributed by atoms with Gasteiger partial charge in [0, 0.05) is 20.6 Å². The molecule has 64 valence electrons. The third-order valence-electron chi connectivity index (χ3n) is 1.69. The molecule has 1 N–H and O–H groups in total. The highest BCUT2D eigenvalue weighted by molar-refractivity contribution is 5.84. The van der Waals surface area contributed by atoms with Crippen LogP contribution in [0.25, 0.3) is 0 Å². The van der Waals surface area contributed by atoms with Crippen molar-refractivity contribution >= 4 is 5.91 Å². The van der Waals surface area contributed by atoms with Crippen LogP contribution < -0.4 is 5.32 Å². The lowest BCUT2D eigenvalue weighted by Gasteiger charge is -2.24. The Labute approximate surface area is 67.4 Å². The van der Waals surface area contributed by atoms with E-state index in [4.69, 9.17) is 4.74 Å². The van der Waals surface area contributed by atoms with Gasteiger partial charge in [-0.2, -0.15) is 0 Å². The Balaban J connectivity index is 4.31. The number of hydrogen-bond acceptors (Lipinski definition) is 2. The van der Waals surface area contributed by atoms with Gasteiger partial charge in [-0.15, -0.1) is 6.58 Å². The minimum absolute atomic E-state index is 0.125. The summed E-state index contributed by atoms with van der Waals surface area (Å²) in [6.45, 7) is 5.28. The quantitative estimate of drug-likeness (QED) is 0.610. The van der Waals surface area contributed by atoms with Crippen LogP contribution in [0.3, 0.4) is 0 Å². The smallest absolute Gasteiger partial charge is 0.252 e. The van der Waals surface area contributed by atoms with E-state index in [0.29, 0.717) is 6.42 Å². The van der Waals surface area contributed by atoms with Crippen molar-refractivity contribution in [2.45, 2.75) is 18.9 Å². The molecule has 3 nitrogen and oxygen atoms in total. The van der Waals surface area contributed by atoms with Crippen molar-refractivity contribution in [3.05, 3.63) is 12.7 Å². The van der Waals surface area contributed by atoms with E-state index in [9.17, 15) is 4.79 Å². The molecule has 0 aliphatic heterocycles. The topological polar surface area (TPSA) is 38.3 Å². The molecule has 0 saturated carbocycles. The zero-order chi connectivity index (χ0) is 8.91. The van der Waals surface area contributed by atoms with Gasteiger partial charge >= 0.3 is 0 Å². The first kappa shape index (κ1) is 10.2. The largest absolute Gasteiger partial charge is 0.368 e. The summed E-state index contributed by atoms with van der Waals surface area (Å²) in [6, 6.07) is 0. The number of carbonyl (C=O) groups excluding carboxylic acids is 1. The van der Waals surface area contributed by atoms with Crippen LogP contribution in [0.5, 0.6) is 0 Å². The monoisotopic (exact) mass is 157 g/mol. The molecule has 0 aromatic rings. The van der Waals surface area contributed by atoms with Gasteiger partial charge in [0.2, 0.25) is 0 Å². The number of rotatable bonds is 4. The van der Waals surface area contributed by atoms with Gasteiger partial charge in [0.15, 0.2) is 0 Å². The zero-order valence-corrected chi connectivity index (χ0v) is 7.31. The van der Waals surface area contributed by atoms with Gasteiger partial charge in [0.25, 0.3) is 5.91 Å². The van der Waals surface area contributed by atoms with Crippen LogP contribution in [0.2, 0.25) is 0 Å². The van der Waals surface area contributed by atoms with E-state index < -0.39 is 5.60 Å². The molecule has 1 unspecified atom stereocenters. The Morgan fingerprint density at radius 3 is 2.64 bits per heavy atom. The summed E-state index contributed by atoms with van der Waals surface area (Å²) >= 11 is 0. The molecule has 0 spiro atoms. The third-order valence-corrected chi connectivity index (χ3v) is 1.69. The van der Waals surface area contributed by atoms with E-state index in [1.54, 1.807) is 20.0 Å². The molecule has 0 rings (SSSR count). The number of hydrogen-bond donors (Lipinski definition) is 1. The molecular formula is C8H15NO2. The fourth-order valence-corrected chi connectivity index (χ4v) is 0.809. The zero-order valence-electron chi connectivity index (χ0n) is 7.31.